The van der Waals surface area contributed by atoms with Gasteiger partial charge in [-0.05, 0) is 79.2 Å². The molecule has 2 fully saturated rings. The van der Waals surface area contributed by atoms with E-state index in [0.29, 0.717) is 17.1 Å². The normalized spacial score (nSPS) is 23.9. The Morgan fingerprint density at radius 1 is 1.23 bits per heavy atom. The van der Waals surface area contributed by atoms with E-state index in [0.717, 1.165) is 16.7 Å². The Bertz CT molecular complexity index is 922. The number of carbonyl (C=O) groups excluding carboxylic acids is 2. The van der Waals surface area contributed by atoms with Gasteiger partial charge >= 0.3 is 5.97 Å². The van der Waals surface area contributed by atoms with Crippen molar-refractivity contribution >= 4 is 34.9 Å². The average Bonchev–Trinajstić information content (AvgIpc) is 3.50. The first-order valence-electron chi connectivity index (χ1n) is 10.5. The Labute approximate surface area is 180 Å². The lowest BCUT2D eigenvalue weighted by Gasteiger charge is -2.28. The highest BCUT2D eigenvalue weighted by Gasteiger charge is 2.42. The number of fused-ring (bicyclic) bond motifs is 2. The second kappa shape index (κ2) is 9.13. The number of ether oxygens (including phenoxy) is 1. The van der Waals surface area contributed by atoms with Gasteiger partial charge in [0, 0.05) is 10.9 Å². The monoisotopic (exact) mass is 427 g/mol. The van der Waals surface area contributed by atoms with E-state index in [9.17, 15) is 14.0 Å². The smallest absolute Gasteiger partial charge is 0.340 e. The molecule has 4 rings (SSSR count). The number of hydrogen-bond acceptors (Lipinski definition) is 4. The standard InChI is InChI=1S/C24H26FNO3S/c1-15(20-13-17-4-7-18(20)11-17)26-23(27)14-29-24(28)21(22-3-2-10-30-22)12-16-5-8-19(25)9-6-16/h2-3,5-6,8-10,12,15,17-18,20H,4,7,11,13-14H2,1H3,(H,26,27)/b21-12+. The van der Waals surface area contributed by atoms with E-state index >= 15 is 0 Å². The molecular formula is C24H26FNO3S. The third kappa shape index (κ3) is 4.81. The van der Waals surface area contributed by atoms with Gasteiger partial charge < -0.3 is 10.1 Å². The molecule has 1 heterocycles. The first-order valence-corrected chi connectivity index (χ1v) is 11.3. The van der Waals surface area contributed by atoms with Crippen LogP contribution in [0, 0.1) is 23.6 Å². The quantitative estimate of drug-likeness (QED) is 0.504. The molecule has 4 unspecified atom stereocenters. The van der Waals surface area contributed by atoms with Crippen LogP contribution in [0.5, 0.6) is 0 Å². The molecule has 1 aromatic carbocycles. The summed E-state index contributed by atoms with van der Waals surface area (Å²) >= 11 is 1.41. The lowest BCUT2D eigenvalue weighted by Crippen LogP contribution is -2.42. The van der Waals surface area contributed by atoms with Crippen molar-refractivity contribution in [2.75, 3.05) is 6.61 Å². The number of rotatable bonds is 7. The Balaban J connectivity index is 1.36. The molecule has 4 atom stereocenters. The van der Waals surface area contributed by atoms with Crippen molar-refractivity contribution in [2.45, 2.75) is 38.6 Å². The largest absolute Gasteiger partial charge is 0.452 e. The van der Waals surface area contributed by atoms with Gasteiger partial charge in [-0.1, -0.05) is 24.6 Å². The molecule has 2 aromatic rings. The van der Waals surface area contributed by atoms with Gasteiger partial charge in [0.2, 0.25) is 0 Å². The van der Waals surface area contributed by atoms with Gasteiger partial charge in [-0.15, -0.1) is 11.3 Å². The van der Waals surface area contributed by atoms with Crippen LogP contribution in [0.3, 0.4) is 0 Å². The summed E-state index contributed by atoms with van der Waals surface area (Å²) < 4.78 is 18.5. The Morgan fingerprint density at radius 3 is 2.67 bits per heavy atom. The molecule has 2 aliphatic carbocycles. The molecule has 4 nitrogen and oxygen atoms in total. The highest BCUT2D eigenvalue weighted by Crippen LogP contribution is 2.49. The number of esters is 1. The number of benzene rings is 1. The Hall–Kier alpha value is -2.47. The number of carbonyl (C=O) groups is 2. The van der Waals surface area contributed by atoms with Gasteiger partial charge in [0.05, 0.1) is 5.57 Å². The fraction of sp³-hybridized carbons (Fsp3) is 0.417. The summed E-state index contributed by atoms with van der Waals surface area (Å²) in [4.78, 5) is 25.8. The summed E-state index contributed by atoms with van der Waals surface area (Å²) in [7, 11) is 0. The Morgan fingerprint density at radius 2 is 2.03 bits per heavy atom. The van der Waals surface area contributed by atoms with E-state index in [1.807, 2.05) is 17.5 Å². The van der Waals surface area contributed by atoms with Crippen LogP contribution in [-0.4, -0.2) is 24.5 Å². The molecule has 1 amide bonds. The van der Waals surface area contributed by atoms with E-state index in [4.69, 9.17) is 4.74 Å². The molecule has 0 aliphatic heterocycles. The fourth-order valence-corrected chi connectivity index (χ4v) is 5.64. The van der Waals surface area contributed by atoms with Crippen LogP contribution in [0.2, 0.25) is 0 Å². The van der Waals surface area contributed by atoms with Crippen LogP contribution < -0.4 is 5.32 Å². The molecule has 1 N–H and O–H groups in total. The van der Waals surface area contributed by atoms with Crippen molar-refractivity contribution < 1.29 is 18.7 Å². The molecule has 2 saturated carbocycles. The SMILES string of the molecule is CC(NC(=O)COC(=O)/C(=C/c1ccc(F)cc1)c1cccs1)C1CC2CCC1C2. The van der Waals surface area contributed by atoms with Crippen molar-refractivity contribution in [2.24, 2.45) is 17.8 Å². The Kier molecular flexibility index (Phi) is 6.32. The summed E-state index contributed by atoms with van der Waals surface area (Å²) in [6, 6.07) is 9.63. The molecule has 158 valence electrons. The zero-order valence-corrected chi connectivity index (χ0v) is 17.8. The number of nitrogens with one attached hydrogen (secondary N) is 1. The maximum absolute atomic E-state index is 13.2. The van der Waals surface area contributed by atoms with E-state index < -0.39 is 5.97 Å². The summed E-state index contributed by atoms with van der Waals surface area (Å²) in [5, 5.41) is 4.88. The second-order valence-electron chi connectivity index (χ2n) is 8.36. The molecule has 0 radical (unpaired) electrons. The predicted octanol–water partition coefficient (Wildman–Crippen LogP) is 4.91. The van der Waals surface area contributed by atoms with Crippen molar-refractivity contribution in [1.82, 2.24) is 5.32 Å². The first-order chi connectivity index (χ1) is 14.5. The number of halogens is 1. The highest BCUT2D eigenvalue weighted by molar-refractivity contribution is 7.11. The van der Waals surface area contributed by atoms with E-state index in [2.05, 4.69) is 12.2 Å². The van der Waals surface area contributed by atoms with Crippen molar-refractivity contribution in [1.29, 1.82) is 0 Å². The van der Waals surface area contributed by atoms with Crippen molar-refractivity contribution in [3.8, 4) is 0 Å². The number of hydrogen-bond donors (Lipinski definition) is 1. The topological polar surface area (TPSA) is 55.4 Å². The van der Waals surface area contributed by atoms with Crippen LogP contribution in [0.1, 0.15) is 43.0 Å². The third-order valence-electron chi connectivity index (χ3n) is 6.35. The van der Waals surface area contributed by atoms with Crippen LogP contribution in [-0.2, 0) is 14.3 Å². The summed E-state index contributed by atoms with van der Waals surface area (Å²) in [6.45, 7) is 1.74. The zero-order chi connectivity index (χ0) is 21.1. The van der Waals surface area contributed by atoms with Crippen LogP contribution >= 0.6 is 11.3 Å². The summed E-state index contributed by atoms with van der Waals surface area (Å²) in [6.07, 6.45) is 6.73. The van der Waals surface area contributed by atoms with Crippen LogP contribution in [0.25, 0.3) is 11.6 Å². The molecule has 6 heteroatoms. The molecule has 2 bridgehead atoms. The zero-order valence-electron chi connectivity index (χ0n) is 17.0. The van der Waals surface area contributed by atoms with Gasteiger partial charge in [-0.3, -0.25) is 4.79 Å². The van der Waals surface area contributed by atoms with Crippen LogP contribution in [0.15, 0.2) is 41.8 Å². The second-order valence-corrected chi connectivity index (χ2v) is 9.31. The van der Waals surface area contributed by atoms with Crippen LogP contribution in [0.4, 0.5) is 4.39 Å². The van der Waals surface area contributed by atoms with E-state index in [1.54, 1.807) is 18.2 Å². The molecule has 0 spiro atoms. The van der Waals surface area contributed by atoms with Gasteiger partial charge in [0.15, 0.2) is 6.61 Å². The van der Waals surface area contributed by atoms with Gasteiger partial charge in [-0.25, -0.2) is 9.18 Å². The minimum atomic E-state index is -0.565. The number of amides is 1. The number of thiophene rings is 1. The lowest BCUT2D eigenvalue weighted by atomic mass is 9.84. The predicted molar refractivity (Wildman–Crippen MR) is 116 cm³/mol. The molecule has 30 heavy (non-hydrogen) atoms. The molecular weight excluding hydrogens is 401 g/mol. The minimum absolute atomic E-state index is 0.0954. The van der Waals surface area contributed by atoms with Gasteiger partial charge in [0.25, 0.3) is 5.91 Å². The maximum Gasteiger partial charge on any atom is 0.340 e. The third-order valence-corrected chi connectivity index (χ3v) is 7.25. The fourth-order valence-electron chi connectivity index (χ4n) is 4.91. The summed E-state index contributed by atoms with van der Waals surface area (Å²) in [5.74, 6) is 0.895. The highest BCUT2D eigenvalue weighted by atomic mass is 32.1. The maximum atomic E-state index is 13.2. The molecule has 0 saturated heterocycles. The summed E-state index contributed by atoms with van der Waals surface area (Å²) in [5.41, 5.74) is 1.04. The molecule has 2 aliphatic rings. The van der Waals surface area contributed by atoms with Crippen molar-refractivity contribution in [3.05, 3.63) is 58.0 Å². The first kappa shape index (κ1) is 20.8. The van der Waals surface area contributed by atoms with Gasteiger partial charge in [-0.2, -0.15) is 0 Å². The van der Waals surface area contributed by atoms with Crippen molar-refractivity contribution in [3.63, 3.8) is 0 Å². The van der Waals surface area contributed by atoms with E-state index in [-0.39, 0.29) is 24.4 Å². The van der Waals surface area contributed by atoms with E-state index in [1.165, 1.54) is 49.2 Å². The molecule has 1 aromatic heterocycles. The average molecular weight is 428 g/mol. The lowest BCUT2D eigenvalue weighted by molar-refractivity contribution is -0.143. The minimum Gasteiger partial charge on any atom is -0.452 e. The van der Waals surface area contributed by atoms with Gasteiger partial charge in [0.1, 0.15) is 5.82 Å².